The zero-order valence-electron chi connectivity index (χ0n) is 10.5. The molecule has 0 amide bonds. The molecule has 0 aliphatic carbocycles. The fraction of sp³-hybridized carbons (Fsp3) is 0.667. The Bertz CT molecular complexity index is 395. The van der Waals surface area contributed by atoms with Crippen LogP contribution in [-0.2, 0) is 11.3 Å². The number of hydrogen-bond acceptors (Lipinski definition) is 4. The lowest BCUT2D eigenvalue weighted by Gasteiger charge is -2.26. The molecule has 0 spiro atoms. The number of hydrogen-bond donors (Lipinski definition) is 0. The molecule has 2 rings (SSSR count). The molecular formula is C12H19N3O2. The zero-order valence-corrected chi connectivity index (χ0v) is 10.5. The van der Waals surface area contributed by atoms with Crippen LogP contribution in [0.4, 0.5) is 0 Å². The van der Waals surface area contributed by atoms with Crippen LogP contribution in [0, 0.1) is 13.8 Å². The highest BCUT2D eigenvalue weighted by Gasteiger charge is 2.13. The van der Waals surface area contributed by atoms with Crippen LogP contribution in [0.25, 0.3) is 0 Å². The number of morpholine rings is 1. The summed E-state index contributed by atoms with van der Waals surface area (Å²) in [6.45, 7) is 9.22. The van der Waals surface area contributed by atoms with Crippen LogP contribution >= 0.6 is 0 Å². The summed E-state index contributed by atoms with van der Waals surface area (Å²) in [5.74, 6) is 0. The first-order valence-corrected chi connectivity index (χ1v) is 6.01. The van der Waals surface area contributed by atoms with Gasteiger partial charge in [0.1, 0.15) is 0 Å². The summed E-state index contributed by atoms with van der Waals surface area (Å²) in [5, 5.41) is 4.39. The van der Waals surface area contributed by atoms with Gasteiger partial charge in [-0.05, 0) is 13.8 Å². The molecule has 0 radical (unpaired) electrons. The normalized spacial score (nSPS) is 17.3. The second-order valence-electron chi connectivity index (χ2n) is 4.38. The van der Waals surface area contributed by atoms with Gasteiger partial charge in [0, 0.05) is 25.3 Å². The molecule has 0 bridgehead atoms. The molecule has 0 N–H and O–H groups in total. The Morgan fingerprint density at radius 2 is 2.00 bits per heavy atom. The predicted octanol–water partition coefficient (Wildman–Crippen LogP) is 0.645. The third kappa shape index (κ3) is 2.73. The molecule has 5 nitrogen and oxygen atoms in total. The average Bonchev–Trinajstić information content (AvgIpc) is 2.63. The fourth-order valence-electron chi connectivity index (χ4n) is 2.16. The molecule has 0 atom stereocenters. The summed E-state index contributed by atoms with van der Waals surface area (Å²) in [4.78, 5) is 13.2. The number of aldehydes is 1. The molecule has 17 heavy (non-hydrogen) atoms. The summed E-state index contributed by atoms with van der Waals surface area (Å²) >= 11 is 0. The number of aromatic nitrogens is 2. The summed E-state index contributed by atoms with van der Waals surface area (Å²) in [6, 6.07) is 0. The van der Waals surface area contributed by atoms with Gasteiger partial charge in [0.25, 0.3) is 0 Å². The van der Waals surface area contributed by atoms with E-state index >= 15 is 0 Å². The van der Waals surface area contributed by atoms with E-state index in [1.54, 1.807) is 0 Å². The van der Waals surface area contributed by atoms with Gasteiger partial charge in [0.2, 0.25) is 0 Å². The number of aryl methyl sites for hydroxylation is 1. The third-order valence-corrected chi connectivity index (χ3v) is 3.29. The maximum atomic E-state index is 10.9. The van der Waals surface area contributed by atoms with Crippen molar-refractivity contribution in [3.05, 3.63) is 17.0 Å². The molecule has 0 saturated carbocycles. The Morgan fingerprint density at radius 1 is 1.29 bits per heavy atom. The van der Waals surface area contributed by atoms with Crippen LogP contribution in [0.5, 0.6) is 0 Å². The summed E-state index contributed by atoms with van der Waals surface area (Å²) in [5.41, 5.74) is 2.51. The minimum absolute atomic E-state index is 0.729. The van der Waals surface area contributed by atoms with Crippen molar-refractivity contribution in [2.75, 3.05) is 32.8 Å². The second kappa shape index (κ2) is 5.42. The van der Waals surface area contributed by atoms with Crippen LogP contribution in [0.2, 0.25) is 0 Å². The molecule has 5 heteroatoms. The lowest BCUT2D eigenvalue weighted by Crippen LogP contribution is -2.38. The second-order valence-corrected chi connectivity index (χ2v) is 4.38. The van der Waals surface area contributed by atoms with Gasteiger partial charge in [0.15, 0.2) is 6.29 Å². The largest absolute Gasteiger partial charge is 0.379 e. The zero-order chi connectivity index (χ0) is 12.3. The first-order chi connectivity index (χ1) is 8.22. The highest BCUT2D eigenvalue weighted by molar-refractivity contribution is 5.77. The van der Waals surface area contributed by atoms with Crippen molar-refractivity contribution in [1.82, 2.24) is 14.7 Å². The van der Waals surface area contributed by atoms with Crippen LogP contribution in [0.3, 0.4) is 0 Å². The summed E-state index contributed by atoms with van der Waals surface area (Å²) in [7, 11) is 0. The molecule has 1 aliphatic heterocycles. The van der Waals surface area contributed by atoms with Gasteiger partial charge in [-0.1, -0.05) is 0 Å². The molecule has 1 aromatic rings. The van der Waals surface area contributed by atoms with E-state index < -0.39 is 0 Å². The topological polar surface area (TPSA) is 47.4 Å². The van der Waals surface area contributed by atoms with E-state index in [-0.39, 0.29) is 0 Å². The lowest BCUT2D eigenvalue weighted by atomic mass is 10.2. The van der Waals surface area contributed by atoms with Crippen molar-refractivity contribution in [1.29, 1.82) is 0 Å². The Labute approximate surface area is 101 Å². The molecule has 1 aliphatic rings. The van der Waals surface area contributed by atoms with E-state index in [4.69, 9.17) is 4.74 Å². The molecule has 1 saturated heterocycles. The van der Waals surface area contributed by atoms with Gasteiger partial charge in [-0.25, -0.2) is 0 Å². The Hall–Kier alpha value is -1.20. The van der Waals surface area contributed by atoms with Crippen molar-refractivity contribution in [3.8, 4) is 0 Å². The average molecular weight is 237 g/mol. The molecule has 2 heterocycles. The van der Waals surface area contributed by atoms with Crippen molar-refractivity contribution in [3.63, 3.8) is 0 Å². The minimum atomic E-state index is 0.729. The minimum Gasteiger partial charge on any atom is -0.379 e. The van der Waals surface area contributed by atoms with Crippen LogP contribution in [0.1, 0.15) is 21.7 Å². The van der Waals surface area contributed by atoms with E-state index in [1.165, 1.54) is 0 Å². The Kier molecular flexibility index (Phi) is 3.91. The number of rotatable bonds is 4. The summed E-state index contributed by atoms with van der Waals surface area (Å²) < 4.78 is 7.23. The van der Waals surface area contributed by atoms with Crippen LogP contribution in [0.15, 0.2) is 0 Å². The predicted molar refractivity (Wildman–Crippen MR) is 64.3 cm³/mol. The van der Waals surface area contributed by atoms with Gasteiger partial charge >= 0.3 is 0 Å². The molecule has 1 aromatic heterocycles. The summed E-state index contributed by atoms with van der Waals surface area (Å²) in [6.07, 6.45) is 0.892. The Balaban J connectivity index is 1.96. The van der Waals surface area contributed by atoms with E-state index in [0.29, 0.717) is 0 Å². The number of carbonyl (C=O) groups excluding carboxylic acids is 1. The fourth-order valence-corrected chi connectivity index (χ4v) is 2.16. The maximum absolute atomic E-state index is 10.9. The first-order valence-electron chi connectivity index (χ1n) is 6.01. The van der Waals surface area contributed by atoms with Crippen LogP contribution in [-0.4, -0.2) is 53.8 Å². The van der Waals surface area contributed by atoms with E-state index in [1.807, 2.05) is 18.5 Å². The quantitative estimate of drug-likeness (QED) is 0.721. The monoisotopic (exact) mass is 237 g/mol. The third-order valence-electron chi connectivity index (χ3n) is 3.29. The lowest BCUT2D eigenvalue weighted by molar-refractivity contribution is 0.0359. The number of nitrogens with zero attached hydrogens (tertiary/aromatic N) is 3. The smallest absolute Gasteiger partial charge is 0.153 e. The van der Waals surface area contributed by atoms with Gasteiger partial charge in [0.05, 0.1) is 31.0 Å². The highest BCUT2D eigenvalue weighted by atomic mass is 16.5. The maximum Gasteiger partial charge on any atom is 0.153 e. The van der Waals surface area contributed by atoms with Gasteiger partial charge in [-0.15, -0.1) is 0 Å². The van der Waals surface area contributed by atoms with E-state index in [2.05, 4.69) is 10.00 Å². The van der Waals surface area contributed by atoms with E-state index in [9.17, 15) is 4.79 Å². The van der Waals surface area contributed by atoms with Gasteiger partial charge < -0.3 is 4.74 Å². The molecule has 0 unspecified atom stereocenters. The molecule has 1 fully saturated rings. The molecule has 94 valence electrons. The SMILES string of the molecule is Cc1nn(CCN2CCOCC2)c(C)c1C=O. The first kappa shape index (κ1) is 12.3. The molecule has 0 aromatic carbocycles. The van der Waals surface area contributed by atoms with Crippen molar-refractivity contribution in [2.24, 2.45) is 0 Å². The van der Waals surface area contributed by atoms with Crippen molar-refractivity contribution in [2.45, 2.75) is 20.4 Å². The number of carbonyl (C=O) groups is 1. The molecular weight excluding hydrogens is 218 g/mol. The van der Waals surface area contributed by atoms with Crippen molar-refractivity contribution >= 4 is 6.29 Å². The Morgan fingerprint density at radius 3 is 2.59 bits per heavy atom. The van der Waals surface area contributed by atoms with Crippen LogP contribution < -0.4 is 0 Å². The van der Waals surface area contributed by atoms with Crippen molar-refractivity contribution < 1.29 is 9.53 Å². The standard InChI is InChI=1S/C12H19N3O2/c1-10-12(9-16)11(2)15(13-10)4-3-14-5-7-17-8-6-14/h9H,3-8H2,1-2H3. The highest BCUT2D eigenvalue weighted by Crippen LogP contribution is 2.10. The number of ether oxygens (including phenoxy) is 1. The van der Waals surface area contributed by atoms with Gasteiger partial charge in [-0.3, -0.25) is 14.4 Å². The van der Waals surface area contributed by atoms with Gasteiger partial charge in [-0.2, -0.15) is 5.10 Å². The van der Waals surface area contributed by atoms with E-state index in [0.717, 1.165) is 62.6 Å².